The molecule has 1 rings (SSSR count). The first-order valence-electron chi connectivity index (χ1n) is 7.33. The fourth-order valence-electron chi connectivity index (χ4n) is 2.17. The van der Waals surface area contributed by atoms with Gasteiger partial charge in [0.2, 0.25) is 0 Å². The molecule has 0 atom stereocenters. The Balaban J connectivity index is 2.75. The minimum Gasteiger partial charge on any atom is -0.496 e. The van der Waals surface area contributed by atoms with Crippen LogP contribution in [-0.4, -0.2) is 31.6 Å². The highest BCUT2D eigenvalue weighted by Crippen LogP contribution is 2.20. The summed E-state index contributed by atoms with van der Waals surface area (Å²) < 4.78 is 5.44. The van der Waals surface area contributed by atoms with Crippen molar-refractivity contribution in [3.63, 3.8) is 0 Å². The molecule has 0 amide bonds. The fourth-order valence-corrected chi connectivity index (χ4v) is 2.17. The van der Waals surface area contributed by atoms with E-state index in [1.54, 1.807) is 7.11 Å². The molecule has 3 heteroatoms. The third-order valence-corrected chi connectivity index (χ3v) is 3.39. The van der Waals surface area contributed by atoms with E-state index in [-0.39, 0.29) is 0 Å². The Labute approximate surface area is 118 Å². The minimum atomic E-state index is 0.878. The van der Waals surface area contributed by atoms with Crippen LogP contribution < -0.4 is 10.1 Å². The van der Waals surface area contributed by atoms with Crippen molar-refractivity contribution in [2.75, 3.05) is 26.7 Å². The van der Waals surface area contributed by atoms with Crippen molar-refractivity contribution in [1.29, 1.82) is 0 Å². The van der Waals surface area contributed by atoms with E-state index in [4.69, 9.17) is 4.74 Å². The number of rotatable bonds is 9. The van der Waals surface area contributed by atoms with Crippen molar-refractivity contribution in [3.8, 4) is 5.75 Å². The molecule has 0 saturated carbocycles. The van der Waals surface area contributed by atoms with Crippen molar-refractivity contribution in [2.24, 2.45) is 0 Å². The molecule has 0 spiro atoms. The smallest absolute Gasteiger partial charge is 0.123 e. The zero-order valence-corrected chi connectivity index (χ0v) is 12.8. The Bertz CT molecular complexity index is 362. The van der Waals surface area contributed by atoms with E-state index >= 15 is 0 Å². The maximum atomic E-state index is 5.44. The molecule has 1 N–H and O–H groups in total. The molecule has 0 aliphatic rings. The van der Waals surface area contributed by atoms with E-state index in [9.17, 15) is 0 Å². The van der Waals surface area contributed by atoms with E-state index < -0.39 is 0 Å². The maximum Gasteiger partial charge on any atom is 0.123 e. The van der Waals surface area contributed by atoms with E-state index in [1.807, 2.05) is 0 Å². The number of benzene rings is 1. The highest BCUT2D eigenvalue weighted by Gasteiger charge is 2.06. The van der Waals surface area contributed by atoms with Gasteiger partial charge in [-0.25, -0.2) is 0 Å². The highest BCUT2D eigenvalue weighted by atomic mass is 16.5. The van der Waals surface area contributed by atoms with Gasteiger partial charge in [0.15, 0.2) is 0 Å². The number of nitrogens with one attached hydrogen (secondary N) is 1. The van der Waals surface area contributed by atoms with Crippen LogP contribution in [0.15, 0.2) is 18.2 Å². The Morgan fingerprint density at radius 1 is 1.16 bits per heavy atom. The molecule has 3 nitrogen and oxygen atoms in total. The summed E-state index contributed by atoms with van der Waals surface area (Å²) in [5, 5.41) is 3.44. The molecule has 0 aromatic heterocycles. The first-order chi connectivity index (χ1) is 9.24. The van der Waals surface area contributed by atoms with Crippen molar-refractivity contribution >= 4 is 0 Å². The van der Waals surface area contributed by atoms with Gasteiger partial charge in [-0.3, -0.25) is 4.90 Å². The average Bonchev–Trinajstić information content (AvgIpc) is 2.45. The lowest BCUT2D eigenvalue weighted by molar-refractivity contribution is 0.295. The Hall–Kier alpha value is -1.06. The highest BCUT2D eigenvalue weighted by molar-refractivity contribution is 5.37. The summed E-state index contributed by atoms with van der Waals surface area (Å²) >= 11 is 0. The van der Waals surface area contributed by atoms with Crippen LogP contribution in [-0.2, 0) is 13.1 Å². The molecule has 108 valence electrons. The third kappa shape index (κ3) is 5.21. The normalized spacial score (nSPS) is 11.0. The van der Waals surface area contributed by atoms with Crippen LogP contribution in [0.2, 0.25) is 0 Å². The number of ether oxygens (including phenoxy) is 1. The van der Waals surface area contributed by atoms with Crippen molar-refractivity contribution in [2.45, 2.75) is 40.3 Å². The van der Waals surface area contributed by atoms with Crippen LogP contribution in [0.3, 0.4) is 0 Å². The van der Waals surface area contributed by atoms with E-state index in [0.29, 0.717) is 0 Å². The number of hydrogen-bond acceptors (Lipinski definition) is 3. The summed E-state index contributed by atoms with van der Waals surface area (Å²) in [5.74, 6) is 0.979. The van der Waals surface area contributed by atoms with Gasteiger partial charge in [0.1, 0.15) is 5.75 Å². The van der Waals surface area contributed by atoms with Gasteiger partial charge in [-0.1, -0.05) is 26.8 Å². The molecule has 0 aliphatic heterocycles. The van der Waals surface area contributed by atoms with Crippen molar-refractivity contribution in [1.82, 2.24) is 10.2 Å². The van der Waals surface area contributed by atoms with Gasteiger partial charge in [-0.15, -0.1) is 0 Å². The lowest BCUT2D eigenvalue weighted by Gasteiger charge is -2.19. The van der Waals surface area contributed by atoms with Gasteiger partial charge >= 0.3 is 0 Å². The molecule has 1 aromatic rings. The van der Waals surface area contributed by atoms with Gasteiger partial charge < -0.3 is 10.1 Å². The van der Waals surface area contributed by atoms with Crippen LogP contribution in [0, 0.1) is 0 Å². The molecule has 19 heavy (non-hydrogen) atoms. The zero-order chi connectivity index (χ0) is 14.1. The Kier molecular flexibility index (Phi) is 7.53. The maximum absolute atomic E-state index is 5.44. The third-order valence-electron chi connectivity index (χ3n) is 3.39. The van der Waals surface area contributed by atoms with Gasteiger partial charge in [-0.05, 0) is 43.8 Å². The second-order valence-corrected chi connectivity index (χ2v) is 4.78. The first-order valence-corrected chi connectivity index (χ1v) is 7.33. The Morgan fingerprint density at radius 3 is 2.47 bits per heavy atom. The fraction of sp³-hybridized carbons (Fsp3) is 0.625. The monoisotopic (exact) mass is 264 g/mol. The topological polar surface area (TPSA) is 24.5 Å². The quantitative estimate of drug-likeness (QED) is 0.694. The summed E-state index contributed by atoms with van der Waals surface area (Å²) in [7, 11) is 1.74. The van der Waals surface area contributed by atoms with Gasteiger partial charge in [0.05, 0.1) is 7.11 Å². The largest absolute Gasteiger partial charge is 0.496 e. The summed E-state index contributed by atoms with van der Waals surface area (Å²) in [6.07, 6.45) is 1.15. The van der Waals surface area contributed by atoms with Crippen molar-refractivity contribution < 1.29 is 4.74 Å². The standard InChI is InChI=1S/C16H28N2O/c1-5-10-17-12-15-11-14(8-9-16(15)19-4)13-18(6-2)7-3/h8-9,11,17H,5-7,10,12-13H2,1-4H3. The summed E-state index contributed by atoms with van der Waals surface area (Å²) in [5.41, 5.74) is 2.61. The number of nitrogens with zero attached hydrogens (tertiary/aromatic N) is 1. The van der Waals surface area contributed by atoms with E-state index in [0.717, 1.165) is 44.9 Å². The molecule has 0 radical (unpaired) electrons. The average molecular weight is 264 g/mol. The lowest BCUT2D eigenvalue weighted by Crippen LogP contribution is -2.22. The summed E-state index contributed by atoms with van der Waals surface area (Å²) in [4.78, 5) is 2.42. The zero-order valence-electron chi connectivity index (χ0n) is 12.8. The summed E-state index contributed by atoms with van der Waals surface area (Å²) in [6.45, 7) is 11.7. The lowest BCUT2D eigenvalue weighted by atomic mass is 10.1. The summed E-state index contributed by atoms with van der Waals surface area (Å²) in [6, 6.07) is 6.52. The van der Waals surface area contributed by atoms with E-state index in [2.05, 4.69) is 49.2 Å². The first kappa shape index (κ1) is 16.0. The number of methoxy groups -OCH3 is 1. The van der Waals surface area contributed by atoms with E-state index in [1.165, 1.54) is 11.1 Å². The van der Waals surface area contributed by atoms with Gasteiger partial charge in [0, 0.05) is 18.7 Å². The SMILES string of the molecule is CCCNCc1cc(CN(CC)CC)ccc1OC. The molecular weight excluding hydrogens is 236 g/mol. The second kappa shape index (κ2) is 8.94. The minimum absolute atomic E-state index is 0.878. The molecule has 0 aliphatic carbocycles. The molecule has 0 bridgehead atoms. The Morgan fingerprint density at radius 2 is 1.89 bits per heavy atom. The predicted molar refractivity (Wildman–Crippen MR) is 81.6 cm³/mol. The molecule has 1 aromatic carbocycles. The molecule has 0 fully saturated rings. The van der Waals surface area contributed by atoms with Gasteiger partial charge in [-0.2, -0.15) is 0 Å². The predicted octanol–water partition coefficient (Wildman–Crippen LogP) is 3.04. The van der Waals surface area contributed by atoms with Crippen LogP contribution in [0.5, 0.6) is 5.75 Å². The number of hydrogen-bond donors (Lipinski definition) is 1. The molecular formula is C16H28N2O. The molecule has 0 saturated heterocycles. The molecule has 0 heterocycles. The van der Waals surface area contributed by atoms with Crippen LogP contribution in [0.25, 0.3) is 0 Å². The second-order valence-electron chi connectivity index (χ2n) is 4.78. The van der Waals surface area contributed by atoms with Crippen LogP contribution >= 0.6 is 0 Å². The molecule has 0 unspecified atom stereocenters. The van der Waals surface area contributed by atoms with Gasteiger partial charge in [0.25, 0.3) is 0 Å². The van der Waals surface area contributed by atoms with Crippen molar-refractivity contribution in [3.05, 3.63) is 29.3 Å². The van der Waals surface area contributed by atoms with Crippen LogP contribution in [0.1, 0.15) is 38.3 Å². The van der Waals surface area contributed by atoms with Crippen LogP contribution in [0.4, 0.5) is 0 Å².